The van der Waals surface area contributed by atoms with E-state index in [4.69, 9.17) is 0 Å². The van der Waals surface area contributed by atoms with Crippen molar-refractivity contribution in [3.8, 4) is 0 Å². The van der Waals surface area contributed by atoms with Gasteiger partial charge in [-0.2, -0.15) is 0 Å². The Labute approximate surface area is 90.4 Å². The number of hydrogen-bond acceptors (Lipinski definition) is 1. The zero-order valence-electron chi connectivity index (χ0n) is 8.75. The molecule has 1 N–H and O–H groups in total. The second-order valence-corrected chi connectivity index (χ2v) is 4.12. The van der Waals surface area contributed by atoms with Gasteiger partial charge in [-0.1, -0.05) is 41.3 Å². The van der Waals surface area contributed by atoms with Crippen LogP contribution in [0.4, 0.5) is 11.4 Å². The molecular weight excluding hydrogens is 181 g/mol. The van der Waals surface area contributed by atoms with E-state index in [9.17, 15) is 0 Å². The van der Waals surface area contributed by atoms with Gasteiger partial charge in [-0.15, -0.1) is 0 Å². The highest BCUT2D eigenvalue weighted by Gasteiger charge is 2.14. The first-order chi connectivity index (χ1) is 7.33. The van der Waals surface area contributed by atoms with Crippen LogP contribution in [0.2, 0.25) is 0 Å². The van der Waals surface area contributed by atoms with E-state index in [2.05, 4.69) is 54.7 Å². The molecule has 0 amide bonds. The number of para-hydroxylation sites is 1. The summed E-state index contributed by atoms with van der Waals surface area (Å²) in [5.74, 6) is 0. The molecule has 1 aliphatic heterocycles. The van der Waals surface area contributed by atoms with E-state index in [1.165, 1.54) is 27.9 Å². The molecule has 0 bridgehead atoms. The Balaban J connectivity index is 2.11. The van der Waals surface area contributed by atoms with Crippen molar-refractivity contribution in [1.82, 2.24) is 0 Å². The van der Waals surface area contributed by atoms with Crippen LogP contribution in [0.15, 0.2) is 42.5 Å². The minimum Gasteiger partial charge on any atom is -0.356 e. The molecule has 2 aromatic rings. The molecule has 0 atom stereocenters. The maximum atomic E-state index is 3.48. The van der Waals surface area contributed by atoms with Gasteiger partial charge >= 0.3 is 0 Å². The maximum Gasteiger partial charge on any atom is 0.197 e. The van der Waals surface area contributed by atoms with Crippen LogP contribution in [-0.2, 0) is 0 Å². The van der Waals surface area contributed by atoms with Crippen LogP contribution in [0, 0.1) is 6.92 Å². The van der Waals surface area contributed by atoms with Crippen molar-refractivity contribution in [2.24, 2.45) is 0 Å². The van der Waals surface area contributed by atoms with Crippen molar-refractivity contribution in [3.05, 3.63) is 48.0 Å². The average molecular weight is 193 g/mol. The lowest BCUT2D eigenvalue weighted by molar-refractivity contribution is 1.46. The molecule has 1 nitrogen and oxygen atoms in total. The Morgan fingerprint density at radius 3 is 2.67 bits per heavy atom. The summed E-state index contributed by atoms with van der Waals surface area (Å²) in [6, 6.07) is 15.1. The van der Waals surface area contributed by atoms with Crippen LogP contribution in [0.5, 0.6) is 0 Å². The van der Waals surface area contributed by atoms with Gasteiger partial charge < -0.3 is 5.32 Å². The number of fused-ring (bicyclic) bond motifs is 2. The molecule has 0 radical (unpaired) electrons. The zero-order chi connectivity index (χ0) is 10.3. The predicted octanol–water partition coefficient (Wildman–Crippen LogP) is 1.44. The van der Waals surface area contributed by atoms with E-state index in [1.807, 2.05) is 0 Å². The number of nitrogens with one attached hydrogen (secondary N) is 1. The second kappa shape index (κ2) is 3.16. The molecule has 3 rings (SSSR count). The van der Waals surface area contributed by atoms with E-state index in [0.717, 1.165) is 7.28 Å². The summed E-state index contributed by atoms with van der Waals surface area (Å²) in [5, 5.41) is 3.48. The van der Waals surface area contributed by atoms with E-state index >= 15 is 0 Å². The zero-order valence-corrected chi connectivity index (χ0v) is 8.75. The van der Waals surface area contributed by atoms with Crippen molar-refractivity contribution < 1.29 is 0 Å². The summed E-state index contributed by atoms with van der Waals surface area (Å²) >= 11 is 0. The van der Waals surface area contributed by atoms with Crippen molar-refractivity contribution in [3.63, 3.8) is 0 Å². The van der Waals surface area contributed by atoms with Gasteiger partial charge in [-0.3, -0.25) is 0 Å². The fourth-order valence-corrected chi connectivity index (χ4v) is 2.11. The van der Waals surface area contributed by atoms with Crippen molar-refractivity contribution in [1.29, 1.82) is 0 Å². The fourth-order valence-electron chi connectivity index (χ4n) is 2.11. The molecule has 0 saturated heterocycles. The molecule has 0 saturated carbocycles. The van der Waals surface area contributed by atoms with E-state index in [1.54, 1.807) is 0 Å². The van der Waals surface area contributed by atoms with Crippen LogP contribution in [0.1, 0.15) is 5.56 Å². The van der Waals surface area contributed by atoms with E-state index < -0.39 is 0 Å². The van der Waals surface area contributed by atoms with Crippen LogP contribution < -0.4 is 16.2 Å². The number of anilines is 2. The molecule has 15 heavy (non-hydrogen) atoms. The summed E-state index contributed by atoms with van der Waals surface area (Å²) < 4.78 is 0. The normalized spacial score (nSPS) is 12.1. The molecule has 0 spiro atoms. The summed E-state index contributed by atoms with van der Waals surface area (Å²) in [5.41, 5.74) is 6.58. The van der Waals surface area contributed by atoms with Gasteiger partial charge in [0.25, 0.3) is 0 Å². The Kier molecular flexibility index (Phi) is 1.81. The van der Waals surface area contributed by atoms with Crippen molar-refractivity contribution >= 4 is 29.6 Å². The van der Waals surface area contributed by atoms with Gasteiger partial charge in [0, 0.05) is 11.4 Å². The third kappa shape index (κ3) is 1.42. The van der Waals surface area contributed by atoms with Crippen LogP contribution >= 0.6 is 0 Å². The number of benzene rings is 2. The van der Waals surface area contributed by atoms with Gasteiger partial charge in [-0.05, 0) is 24.6 Å². The topological polar surface area (TPSA) is 12.0 Å². The molecule has 0 aromatic heterocycles. The summed E-state index contributed by atoms with van der Waals surface area (Å²) in [7, 11) is 1.04. The van der Waals surface area contributed by atoms with Crippen LogP contribution in [-0.4, -0.2) is 7.28 Å². The number of hydrogen-bond donors (Lipinski definition) is 1. The first-order valence-electron chi connectivity index (χ1n) is 5.27. The highest BCUT2D eigenvalue weighted by Crippen LogP contribution is 2.17. The Bertz CT molecular complexity index is 520. The fraction of sp³-hybridized carbons (Fsp3) is 0.0769. The Morgan fingerprint density at radius 1 is 0.933 bits per heavy atom. The second-order valence-electron chi connectivity index (χ2n) is 4.12. The number of aryl methyl sites for hydroxylation is 1. The summed E-state index contributed by atoms with van der Waals surface area (Å²) in [6.45, 7) is 2.13. The van der Waals surface area contributed by atoms with Gasteiger partial charge in [0.1, 0.15) is 0 Å². The SMILES string of the molecule is Cc1ccc2c(c1)Nc1ccccc1B2. The maximum absolute atomic E-state index is 3.48. The lowest BCUT2D eigenvalue weighted by Gasteiger charge is -2.21. The molecular formula is C13H12BN. The third-order valence-electron chi connectivity index (χ3n) is 2.93. The van der Waals surface area contributed by atoms with Crippen molar-refractivity contribution in [2.75, 3.05) is 5.32 Å². The predicted molar refractivity (Wildman–Crippen MR) is 67.3 cm³/mol. The monoisotopic (exact) mass is 193 g/mol. The molecule has 72 valence electrons. The first-order valence-corrected chi connectivity index (χ1v) is 5.27. The standard InChI is InChI=1S/C13H12BN/c1-9-6-7-11-13(8-9)15-12-5-3-2-4-10(12)14-11/h2-8,14-15H,1H3. The molecule has 1 heterocycles. The molecule has 2 aromatic carbocycles. The first kappa shape index (κ1) is 8.60. The van der Waals surface area contributed by atoms with Crippen LogP contribution in [0.3, 0.4) is 0 Å². The lowest BCUT2D eigenvalue weighted by Crippen LogP contribution is -2.35. The van der Waals surface area contributed by atoms with Crippen molar-refractivity contribution in [2.45, 2.75) is 6.92 Å². The summed E-state index contributed by atoms with van der Waals surface area (Å²) in [6.07, 6.45) is 0. The smallest absolute Gasteiger partial charge is 0.197 e. The third-order valence-corrected chi connectivity index (χ3v) is 2.93. The van der Waals surface area contributed by atoms with E-state index in [0.29, 0.717) is 0 Å². The largest absolute Gasteiger partial charge is 0.356 e. The molecule has 0 aliphatic carbocycles. The number of rotatable bonds is 0. The van der Waals surface area contributed by atoms with Gasteiger partial charge in [-0.25, -0.2) is 0 Å². The lowest BCUT2D eigenvalue weighted by atomic mass is 9.61. The molecule has 0 fully saturated rings. The van der Waals surface area contributed by atoms with Gasteiger partial charge in [0.05, 0.1) is 0 Å². The molecule has 2 heteroatoms. The average Bonchev–Trinajstić information content (AvgIpc) is 2.26. The Hall–Kier alpha value is -1.70. The van der Waals surface area contributed by atoms with Gasteiger partial charge in [0.2, 0.25) is 0 Å². The minimum absolute atomic E-state index is 1.04. The van der Waals surface area contributed by atoms with Crippen LogP contribution in [0.25, 0.3) is 0 Å². The highest BCUT2D eigenvalue weighted by molar-refractivity contribution is 6.71. The minimum atomic E-state index is 1.04. The summed E-state index contributed by atoms with van der Waals surface area (Å²) in [4.78, 5) is 0. The van der Waals surface area contributed by atoms with Gasteiger partial charge in [0.15, 0.2) is 7.28 Å². The molecule has 0 unspecified atom stereocenters. The quantitative estimate of drug-likeness (QED) is 0.532. The van der Waals surface area contributed by atoms with E-state index in [-0.39, 0.29) is 0 Å². The highest BCUT2D eigenvalue weighted by atomic mass is 14.9. The molecule has 1 aliphatic rings. The Morgan fingerprint density at radius 2 is 1.73 bits per heavy atom.